The van der Waals surface area contributed by atoms with Crippen LogP contribution in [0.4, 0.5) is 4.79 Å². The number of fused-ring (bicyclic) bond motifs is 2. The molecule has 2 atom stereocenters. The van der Waals surface area contributed by atoms with Gasteiger partial charge in [0.15, 0.2) is 0 Å². The van der Waals surface area contributed by atoms with E-state index in [1.807, 2.05) is 13.8 Å². The molecule has 2 aliphatic carbocycles. The largest absolute Gasteiger partial charge is 0.508 e. The number of carbonyl (C=O) groups is 1. The van der Waals surface area contributed by atoms with Gasteiger partial charge in [-0.15, -0.1) is 0 Å². The molecular weight excluding hydrogens is 204 g/mol. The summed E-state index contributed by atoms with van der Waals surface area (Å²) < 4.78 is 10.3. The summed E-state index contributed by atoms with van der Waals surface area (Å²) in [5.74, 6) is 0.685. The number of hydrogen-bond acceptors (Lipinski definition) is 3. The van der Waals surface area contributed by atoms with E-state index in [4.69, 9.17) is 9.47 Å². The van der Waals surface area contributed by atoms with Gasteiger partial charge >= 0.3 is 6.16 Å². The van der Waals surface area contributed by atoms with Gasteiger partial charge in [0.25, 0.3) is 0 Å². The first kappa shape index (κ1) is 11.5. The third-order valence-electron chi connectivity index (χ3n) is 4.07. The second kappa shape index (κ2) is 3.79. The predicted molar refractivity (Wildman–Crippen MR) is 61.1 cm³/mol. The van der Waals surface area contributed by atoms with Crippen LogP contribution < -0.4 is 0 Å². The molecule has 0 aromatic rings. The number of rotatable bonds is 3. The zero-order valence-electron chi connectivity index (χ0n) is 10.3. The van der Waals surface area contributed by atoms with E-state index < -0.39 is 11.8 Å². The fourth-order valence-corrected chi connectivity index (χ4v) is 2.96. The van der Waals surface area contributed by atoms with Gasteiger partial charge in [-0.05, 0) is 46.0 Å². The van der Waals surface area contributed by atoms with E-state index in [1.54, 1.807) is 6.92 Å². The highest BCUT2D eigenvalue weighted by atomic mass is 16.7. The van der Waals surface area contributed by atoms with Crippen LogP contribution in [0.25, 0.3) is 0 Å². The maximum Gasteiger partial charge on any atom is 0.508 e. The highest BCUT2D eigenvalue weighted by molar-refractivity contribution is 5.60. The lowest BCUT2D eigenvalue weighted by molar-refractivity contribution is -0.0693. The van der Waals surface area contributed by atoms with Gasteiger partial charge in [0.1, 0.15) is 5.60 Å². The third-order valence-corrected chi connectivity index (χ3v) is 4.07. The summed E-state index contributed by atoms with van der Waals surface area (Å²) in [6.07, 6.45) is 7.39. The first-order valence-corrected chi connectivity index (χ1v) is 6.04. The Morgan fingerprint density at radius 2 is 2.31 bits per heavy atom. The van der Waals surface area contributed by atoms with Crippen LogP contribution >= 0.6 is 0 Å². The Labute approximate surface area is 96.8 Å². The van der Waals surface area contributed by atoms with E-state index in [0.29, 0.717) is 12.5 Å². The lowest BCUT2D eigenvalue weighted by Crippen LogP contribution is -2.43. The van der Waals surface area contributed by atoms with Crippen molar-refractivity contribution in [2.45, 2.75) is 45.6 Å². The van der Waals surface area contributed by atoms with Gasteiger partial charge in [-0.2, -0.15) is 0 Å². The standard InChI is InChI=1S/C13H20O3/c1-4-15-11(14)16-12(2,3)13-7-5-10(9-13)6-8-13/h5,7,10H,4,6,8-9H2,1-3H3. The zero-order valence-corrected chi connectivity index (χ0v) is 10.3. The molecule has 0 amide bonds. The highest BCUT2D eigenvalue weighted by Gasteiger charge is 2.53. The molecule has 1 saturated carbocycles. The lowest BCUT2D eigenvalue weighted by Gasteiger charge is -2.40. The van der Waals surface area contributed by atoms with Crippen LogP contribution in [-0.2, 0) is 9.47 Å². The van der Waals surface area contributed by atoms with Gasteiger partial charge in [-0.1, -0.05) is 12.2 Å². The quantitative estimate of drug-likeness (QED) is 0.545. The van der Waals surface area contributed by atoms with Crippen molar-refractivity contribution in [3.8, 4) is 0 Å². The van der Waals surface area contributed by atoms with Gasteiger partial charge < -0.3 is 9.47 Å². The Bertz CT molecular complexity index is 319. The fraction of sp³-hybridized carbons (Fsp3) is 0.769. The average Bonchev–Trinajstić information content (AvgIpc) is 2.77. The van der Waals surface area contributed by atoms with Gasteiger partial charge in [-0.25, -0.2) is 4.79 Å². The molecule has 90 valence electrons. The van der Waals surface area contributed by atoms with Crippen LogP contribution in [0.1, 0.15) is 40.0 Å². The molecule has 0 aromatic carbocycles. The van der Waals surface area contributed by atoms with Crippen molar-refractivity contribution >= 4 is 6.16 Å². The molecule has 3 nitrogen and oxygen atoms in total. The zero-order chi connectivity index (χ0) is 11.8. The normalized spacial score (nSPS) is 31.8. The Kier molecular flexibility index (Phi) is 2.72. The Morgan fingerprint density at radius 3 is 2.75 bits per heavy atom. The van der Waals surface area contributed by atoms with E-state index in [2.05, 4.69) is 12.2 Å². The van der Waals surface area contributed by atoms with Crippen molar-refractivity contribution in [2.24, 2.45) is 11.3 Å². The van der Waals surface area contributed by atoms with Crippen LogP contribution in [0.15, 0.2) is 12.2 Å². The molecule has 3 heteroatoms. The molecule has 0 saturated heterocycles. The lowest BCUT2D eigenvalue weighted by atomic mass is 9.73. The summed E-state index contributed by atoms with van der Waals surface area (Å²) in [5, 5.41) is 0. The van der Waals surface area contributed by atoms with Crippen molar-refractivity contribution in [1.29, 1.82) is 0 Å². The minimum atomic E-state index is -0.550. The van der Waals surface area contributed by atoms with Gasteiger partial charge in [-0.3, -0.25) is 0 Å². The molecule has 0 radical (unpaired) electrons. The molecule has 2 rings (SSSR count). The molecule has 16 heavy (non-hydrogen) atoms. The number of carbonyl (C=O) groups excluding carboxylic acids is 1. The van der Waals surface area contributed by atoms with E-state index in [9.17, 15) is 4.79 Å². The molecule has 2 bridgehead atoms. The van der Waals surface area contributed by atoms with Crippen LogP contribution in [0.5, 0.6) is 0 Å². The Hall–Kier alpha value is -0.990. The van der Waals surface area contributed by atoms with E-state index in [1.165, 1.54) is 6.42 Å². The second-order valence-corrected chi connectivity index (χ2v) is 5.31. The van der Waals surface area contributed by atoms with Gasteiger partial charge in [0.05, 0.1) is 6.61 Å². The van der Waals surface area contributed by atoms with Crippen molar-refractivity contribution < 1.29 is 14.3 Å². The van der Waals surface area contributed by atoms with E-state index in [0.717, 1.165) is 12.8 Å². The smallest absolute Gasteiger partial charge is 0.435 e. The van der Waals surface area contributed by atoms with E-state index in [-0.39, 0.29) is 5.41 Å². The maximum atomic E-state index is 11.4. The molecular formula is C13H20O3. The highest BCUT2D eigenvalue weighted by Crippen LogP contribution is 2.56. The van der Waals surface area contributed by atoms with Gasteiger partial charge in [0.2, 0.25) is 0 Å². The summed E-state index contributed by atoms with van der Waals surface area (Å²) in [6.45, 7) is 6.12. The summed E-state index contributed by atoms with van der Waals surface area (Å²) in [5.41, 5.74) is -0.439. The molecule has 0 aromatic heterocycles. The van der Waals surface area contributed by atoms with Gasteiger partial charge in [0, 0.05) is 5.41 Å². The number of allylic oxidation sites excluding steroid dienone is 1. The summed E-state index contributed by atoms with van der Waals surface area (Å²) in [6, 6.07) is 0. The van der Waals surface area contributed by atoms with Crippen molar-refractivity contribution in [1.82, 2.24) is 0 Å². The Balaban J connectivity index is 2.07. The van der Waals surface area contributed by atoms with E-state index >= 15 is 0 Å². The molecule has 0 heterocycles. The van der Waals surface area contributed by atoms with Crippen molar-refractivity contribution in [2.75, 3.05) is 6.61 Å². The van der Waals surface area contributed by atoms with Crippen LogP contribution in [-0.4, -0.2) is 18.4 Å². The van der Waals surface area contributed by atoms with Crippen LogP contribution in [0.3, 0.4) is 0 Å². The SMILES string of the molecule is CCOC(=O)OC(C)(C)C12C=CC(CC1)C2. The minimum Gasteiger partial charge on any atom is -0.435 e. The third kappa shape index (κ3) is 1.72. The van der Waals surface area contributed by atoms with Crippen molar-refractivity contribution in [3.63, 3.8) is 0 Å². The monoisotopic (exact) mass is 224 g/mol. The van der Waals surface area contributed by atoms with Crippen molar-refractivity contribution in [3.05, 3.63) is 12.2 Å². The number of hydrogen-bond donors (Lipinski definition) is 0. The van der Waals surface area contributed by atoms with Crippen LogP contribution in [0.2, 0.25) is 0 Å². The van der Waals surface area contributed by atoms with Crippen LogP contribution in [0, 0.1) is 11.3 Å². The molecule has 2 aliphatic rings. The second-order valence-electron chi connectivity index (χ2n) is 5.31. The first-order valence-electron chi connectivity index (χ1n) is 6.04. The summed E-state index contributed by atoms with van der Waals surface area (Å²) in [4.78, 5) is 11.4. The molecule has 0 spiro atoms. The molecule has 1 fully saturated rings. The first-order chi connectivity index (χ1) is 7.49. The topological polar surface area (TPSA) is 35.5 Å². The average molecular weight is 224 g/mol. The predicted octanol–water partition coefficient (Wildman–Crippen LogP) is 3.29. The molecule has 0 aliphatic heterocycles. The maximum absolute atomic E-state index is 11.4. The minimum absolute atomic E-state index is 0.0322. The summed E-state index contributed by atoms with van der Waals surface area (Å²) in [7, 11) is 0. The summed E-state index contributed by atoms with van der Waals surface area (Å²) >= 11 is 0. The molecule has 2 unspecified atom stereocenters. The number of ether oxygens (including phenoxy) is 2. The Morgan fingerprint density at radius 1 is 1.56 bits per heavy atom. The fourth-order valence-electron chi connectivity index (χ4n) is 2.96. The molecule has 0 N–H and O–H groups in total.